The van der Waals surface area contributed by atoms with Gasteiger partial charge in [0.2, 0.25) is 5.97 Å². The molecule has 200 valence electrons. The molecule has 0 aromatic carbocycles. The quantitative estimate of drug-likeness (QED) is 0.120. The summed E-state index contributed by atoms with van der Waals surface area (Å²) in [5.74, 6) is -1.45. The van der Waals surface area contributed by atoms with Gasteiger partial charge in [-0.2, -0.15) is 0 Å². The largest absolute Gasteiger partial charge is 0.512 e. The van der Waals surface area contributed by atoms with Gasteiger partial charge in [0.05, 0.1) is 23.7 Å². The minimum atomic E-state index is -0.516. The van der Waals surface area contributed by atoms with E-state index in [1.54, 1.807) is 48.5 Å². The van der Waals surface area contributed by atoms with Gasteiger partial charge in [-0.1, -0.05) is 6.92 Å². The Morgan fingerprint density at radius 3 is 0.941 bits per heavy atom. The molecule has 2 N–H and O–H groups in total. The van der Waals surface area contributed by atoms with Crippen molar-refractivity contribution in [3.63, 3.8) is 0 Å². The molecule has 34 heavy (non-hydrogen) atoms. The van der Waals surface area contributed by atoms with Crippen molar-refractivity contribution in [2.24, 2.45) is 0 Å². The minimum Gasteiger partial charge on any atom is -0.512 e. The number of allylic oxidation sites excluding steroid dienone is 3. The molecule has 0 radical (unpaired) electrons. The van der Waals surface area contributed by atoms with E-state index in [2.05, 4.69) is 6.92 Å². The Labute approximate surface area is 215 Å². The second-order valence-corrected chi connectivity index (χ2v) is 10.2. The first kappa shape index (κ1) is 38.9. The first-order valence-electron chi connectivity index (χ1n) is 10.4. The first-order chi connectivity index (χ1) is 14.4. The second-order valence-electron chi connectivity index (χ2n) is 10.2. The summed E-state index contributed by atoms with van der Waals surface area (Å²) in [5, 5.41) is 17.4. The fourth-order valence-electron chi connectivity index (χ4n) is 1.54. The van der Waals surface area contributed by atoms with E-state index in [-0.39, 0.29) is 34.6 Å². The summed E-state index contributed by atoms with van der Waals surface area (Å²) in [7, 11) is 0. The Balaban J connectivity index is -0.000000196. The van der Waals surface area contributed by atoms with Crippen LogP contribution in [0.4, 0.5) is 0 Å². The van der Waals surface area contributed by atoms with Gasteiger partial charge < -0.3 is 24.4 Å². The van der Waals surface area contributed by atoms with Crippen LogP contribution in [0.1, 0.15) is 83.1 Å². The second kappa shape index (κ2) is 17.1. The van der Waals surface area contributed by atoms with E-state index < -0.39 is 28.7 Å². The van der Waals surface area contributed by atoms with Crippen molar-refractivity contribution < 1.29 is 55.9 Å². The fourth-order valence-corrected chi connectivity index (χ4v) is 1.54. The molecule has 0 fully saturated rings. The molecule has 0 amide bonds. The van der Waals surface area contributed by atoms with Crippen LogP contribution in [0.2, 0.25) is 0 Å². The van der Waals surface area contributed by atoms with Crippen molar-refractivity contribution in [2.45, 2.75) is 99.9 Å². The Morgan fingerprint density at radius 1 is 0.588 bits per heavy atom. The molecule has 9 heteroatoms. The molecule has 0 unspecified atom stereocenters. The minimum absolute atomic E-state index is 0. The SMILES string of the molecule is C/C(O)=C\C(=O)OC(C)(C)C.C/C(O)=C\C(=O)OC(C)(C)C.[CH2-]/C(C)=C\C(=O)OC(C)(C)C.[Fe]. The molecule has 0 rings (SSSR count). The molecule has 0 aliphatic rings. The zero-order chi connectivity index (χ0) is 27.2. The van der Waals surface area contributed by atoms with Gasteiger partial charge in [0.15, 0.2) is 0 Å². The smallest absolute Gasteiger partial charge is 0.334 e. The van der Waals surface area contributed by atoms with Gasteiger partial charge in [0, 0.05) is 17.1 Å². The molecule has 0 bridgehead atoms. The third-order valence-corrected chi connectivity index (χ3v) is 2.24. The van der Waals surface area contributed by atoms with Gasteiger partial charge in [-0.05, 0) is 76.2 Å². The zero-order valence-corrected chi connectivity index (χ0v) is 23.7. The molecular formula is C25H43FeO8-. The molecular weight excluding hydrogens is 484 g/mol. The van der Waals surface area contributed by atoms with E-state index in [1.807, 2.05) is 20.8 Å². The number of aliphatic hydroxyl groups excluding tert-OH is 2. The number of carbonyl (C=O) groups is 3. The maximum absolute atomic E-state index is 10.9. The van der Waals surface area contributed by atoms with Crippen LogP contribution in [-0.4, -0.2) is 44.9 Å². The van der Waals surface area contributed by atoms with Crippen LogP contribution in [0, 0.1) is 6.92 Å². The van der Waals surface area contributed by atoms with Crippen LogP contribution in [0.15, 0.2) is 35.3 Å². The molecule has 8 nitrogen and oxygen atoms in total. The third kappa shape index (κ3) is 40.0. The van der Waals surface area contributed by atoms with Gasteiger partial charge in [-0.3, -0.25) is 4.79 Å². The summed E-state index contributed by atoms with van der Waals surface area (Å²) >= 11 is 0. The monoisotopic (exact) mass is 527 g/mol. The van der Waals surface area contributed by atoms with Crippen molar-refractivity contribution in [3.8, 4) is 0 Å². The molecule has 0 aromatic rings. The van der Waals surface area contributed by atoms with Crippen LogP contribution >= 0.6 is 0 Å². The molecule has 0 aliphatic carbocycles. The number of rotatable bonds is 3. The molecule has 0 saturated heterocycles. The van der Waals surface area contributed by atoms with Crippen molar-refractivity contribution in [2.75, 3.05) is 0 Å². The standard InChI is InChI=1S/C9H15O2.2C8H14O3.Fe/c1-7(2)6-8(10)11-9(3,4)5;2*1-6(9)5-7(10)11-8(2,3)4;/h6H,1H2,2-5H3;2*5,9H,1-4H3;/q-1;;;/b7-6+;2*6-5+;. The van der Waals surface area contributed by atoms with Crippen molar-refractivity contribution in [1.29, 1.82) is 0 Å². The average molecular weight is 527 g/mol. The van der Waals surface area contributed by atoms with Crippen molar-refractivity contribution >= 4 is 17.9 Å². The van der Waals surface area contributed by atoms with E-state index in [4.69, 9.17) is 24.4 Å². The topological polar surface area (TPSA) is 119 Å². The summed E-state index contributed by atoms with van der Waals surface area (Å²) in [6.07, 6.45) is 3.47. The Morgan fingerprint density at radius 2 is 0.794 bits per heavy atom. The molecule has 0 spiro atoms. The maximum Gasteiger partial charge on any atom is 0.334 e. The molecule has 0 atom stereocenters. The van der Waals surface area contributed by atoms with E-state index in [9.17, 15) is 14.4 Å². The van der Waals surface area contributed by atoms with Gasteiger partial charge in [-0.25, -0.2) is 22.1 Å². The summed E-state index contributed by atoms with van der Waals surface area (Å²) in [4.78, 5) is 32.6. The van der Waals surface area contributed by atoms with E-state index >= 15 is 0 Å². The maximum atomic E-state index is 10.9. The molecule has 0 heterocycles. The third-order valence-electron chi connectivity index (χ3n) is 2.24. The first-order valence-corrected chi connectivity index (χ1v) is 10.4. The van der Waals surface area contributed by atoms with E-state index in [0.29, 0.717) is 5.57 Å². The molecule has 0 aliphatic heterocycles. The summed E-state index contributed by atoms with van der Waals surface area (Å²) < 4.78 is 14.7. The summed E-state index contributed by atoms with van der Waals surface area (Å²) in [5.41, 5.74) is -0.700. The number of carbonyl (C=O) groups excluding carboxylic acids is 3. The van der Waals surface area contributed by atoms with Gasteiger partial charge >= 0.3 is 11.9 Å². The van der Waals surface area contributed by atoms with E-state index in [1.165, 1.54) is 19.9 Å². The predicted molar refractivity (Wildman–Crippen MR) is 129 cm³/mol. The van der Waals surface area contributed by atoms with Crippen LogP contribution < -0.4 is 0 Å². The zero-order valence-electron chi connectivity index (χ0n) is 22.6. The Kier molecular flexibility index (Phi) is 19.6. The normalized spacial score (nSPS) is 12.5. The van der Waals surface area contributed by atoms with Gasteiger partial charge in [-0.15, -0.1) is 6.08 Å². The number of hydrogen-bond acceptors (Lipinski definition) is 8. The van der Waals surface area contributed by atoms with Crippen molar-refractivity contribution in [3.05, 3.63) is 42.2 Å². The van der Waals surface area contributed by atoms with Gasteiger partial charge in [0.25, 0.3) is 0 Å². The number of hydrogen-bond donors (Lipinski definition) is 2. The Hall–Kier alpha value is -2.38. The van der Waals surface area contributed by atoms with Crippen LogP contribution in [0.5, 0.6) is 0 Å². The fraction of sp³-hybridized carbons (Fsp3) is 0.600. The summed E-state index contributed by atoms with van der Waals surface area (Å²) in [6.45, 7) is 24.3. The number of aliphatic hydroxyl groups is 2. The van der Waals surface area contributed by atoms with Crippen LogP contribution in [0.25, 0.3) is 0 Å². The van der Waals surface area contributed by atoms with Crippen LogP contribution in [-0.2, 0) is 45.7 Å². The van der Waals surface area contributed by atoms with Crippen molar-refractivity contribution in [1.82, 2.24) is 0 Å². The Bertz CT molecular complexity index is 616. The summed E-state index contributed by atoms with van der Waals surface area (Å²) in [6, 6.07) is 0. The van der Waals surface area contributed by atoms with Crippen LogP contribution in [0.3, 0.4) is 0 Å². The predicted octanol–water partition coefficient (Wildman–Crippen LogP) is 5.69. The molecule has 0 aromatic heterocycles. The average Bonchev–Trinajstić information content (AvgIpc) is 2.38. The van der Waals surface area contributed by atoms with Gasteiger partial charge in [0.1, 0.15) is 16.8 Å². The molecule has 0 saturated carbocycles. The number of ether oxygens (including phenoxy) is 3. The number of esters is 3. The van der Waals surface area contributed by atoms with E-state index in [0.717, 1.165) is 12.2 Å².